The molecule has 1 atom stereocenters. The van der Waals surface area contributed by atoms with Crippen LogP contribution in [0.5, 0.6) is 17.2 Å². The summed E-state index contributed by atoms with van der Waals surface area (Å²) in [5.41, 5.74) is 7.01. The van der Waals surface area contributed by atoms with E-state index in [4.69, 9.17) is 24.9 Å². The molecule has 1 aliphatic rings. The van der Waals surface area contributed by atoms with Crippen molar-refractivity contribution >= 4 is 11.7 Å². The van der Waals surface area contributed by atoms with Crippen LogP contribution in [0.2, 0.25) is 0 Å². The van der Waals surface area contributed by atoms with Crippen LogP contribution < -0.4 is 24.8 Å². The van der Waals surface area contributed by atoms with E-state index in [0.717, 1.165) is 30.9 Å². The number of para-hydroxylation sites is 2. The Balaban J connectivity index is 1.58. The number of anilines is 1. The van der Waals surface area contributed by atoms with Gasteiger partial charge in [0.1, 0.15) is 17.7 Å². The molecule has 0 bridgehead atoms. The van der Waals surface area contributed by atoms with E-state index in [0.29, 0.717) is 41.5 Å². The fourth-order valence-corrected chi connectivity index (χ4v) is 4.04. The van der Waals surface area contributed by atoms with Crippen molar-refractivity contribution in [2.24, 2.45) is 5.73 Å². The number of piperidine rings is 1. The van der Waals surface area contributed by atoms with Gasteiger partial charge in [0.05, 0.1) is 49.5 Å². The maximum atomic E-state index is 12.0. The van der Waals surface area contributed by atoms with Crippen molar-refractivity contribution in [2.75, 3.05) is 31.7 Å². The first kappa shape index (κ1) is 22.4. The molecule has 1 unspecified atom stereocenters. The molecule has 172 valence electrons. The molecule has 2 aromatic carbocycles. The molecular weight excluding hydrogens is 420 g/mol. The van der Waals surface area contributed by atoms with Crippen molar-refractivity contribution in [3.63, 3.8) is 0 Å². The van der Waals surface area contributed by atoms with Crippen LogP contribution in [0.4, 0.5) is 5.82 Å². The van der Waals surface area contributed by atoms with Crippen molar-refractivity contribution in [1.82, 2.24) is 9.97 Å². The number of methoxy groups -OCH3 is 1. The Kier molecular flexibility index (Phi) is 6.92. The van der Waals surface area contributed by atoms with Crippen LogP contribution in [0.15, 0.2) is 54.9 Å². The lowest BCUT2D eigenvalue weighted by Crippen LogP contribution is -2.41. The Morgan fingerprint density at radius 3 is 2.67 bits per heavy atom. The predicted octanol–water partition coefficient (Wildman–Crippen LogP) is 3.70. The molecule has 2 N–H and O–H groups in total. The average Bonchev–Trinajstić information content (AvgIpc) is 2.85. The molecule has 1 aliphatic heterocycles. The molecule has 2 heterocycles. The molecule has 1 fully saturated rings. The molecule has 4 rings (SSSR count). The van der Waals surface area contributed by atoms with Gasteiger partial charge in [0.2, 0.25) is 5.91 Å². The fourth-order valence-electron chi connectivity index (χ4n) is 4.04. The predicted molar refractivity (Wildman–Crippen MR) is 126 cm³/mol. The van der Waals surface area contributed by atoms with Gasteiger partial charge >= 0.3 is 0 Å². The van der Waals surface area contributed by atoms with Crippen molar-refractivity contribution in [2.45, 2.75) is 25.9 Å². The summed E-state index contributed by atoms with van der Waals surface area (Å²) in [5, 5.41) is 0. The number of nitrogens with zero attached hydrogens (tertiary/aromatic N) is 3. The molecule has 0 aliphatic carbocycles. The Hall–Kier alpha value is -3.81. The van der Waals surface area contributed by atoms with Crippen molar-refractivity contribution < 1.29 is 19.0 Å². The van der Waals surface area contributed by atoms with Gasteiger partial charge in [0.25, 0.3) is 0 Å². The molecule has 3 aromatic rings. The zero-order valence-corrected chi connectivity index (χ0v) is 18.9. The van der Waals surface area contributed by atoms with Crippen molar-refractivity contribution in [1.29, 1.82) is 0 Å². The summed E-state index contributed by atoms with van der Waals surface area (Å²) < 4.78 is 17.5. The molecule has 0 radical (unpaired) electrons. The highest BCUT2D eigenvalue weighted by molar-refractivity contribution is 6.01. The second kappa shape index (κ2) is 10.2. The number of carbonyl (C=O) groups excluding carboxylic acids is 1. The van der Waals surface area contributed by atoms with Crippen LogP contribution in [-0.4, -0.2) is 48.8 Å². The molecule has 8 nitrogen and oxygen atoms in total. The van der Waals surface area contributed by atoms with Gasteiger partial charge in [-0.3, -0.25) is 9.78 Å². The number of nitrogens with two attached hydrogens (primary N) is 1. The Bertz CT molecular complexity index is 1120. The monoisotopic (exact) mass is 448 g/mol. The van der Waals surface area contributed by atoms with E-state index >= 15 is 0 Å². The molecule has 33 heavy (non-hydrogen) atoms. The normalized spacial score (nSPS) is 15.7. The first-order valence-electron chi connectivity index (χ1n) is 11.0. The summed E-state index contributed by atoms with van der Waals surface area (Å²) >= 11 is 0. The zero-order chi connectivity index (χ0) is 23.2. The molecule has 0 spiro atoms. The lowest BCUT2D eigenvalue weighted by atomic mass is 10.0. The minimum absolute atomic E-state index is 0.0155. The van der Waals surface area contributed by atoms with E-state index in [1.807, 2.05) is 31.2 Å². The second-order valence-electron chi connectivity index (χ2n) is 7.72. The second-order valence-corrected chi connectivity index (χ2v) is 7.72. The quantitative estimate of drug-likeness (QED) is 0.561. The zero-order valence-electron chi connectivity index (χ0n) is 18.9. The van der Waals surface area contributed by atoms with Gasteiger partial charge in [-0.15, -0.1) is 0 Å². The Labute approximate surface area is 193 Å². The highest BCUT2D eigenvalue weighted by Crippen LogP contribution is 2.33. The number of carbonyl (C=O) groups is 1. The van der Waals surface area contributed by atoms with Gasteiger partial charge in [-0.05, 0) is 44.0 Å². The number of amides is 1. The van der Waals surface area contributed by atoms with Gasteiger partial charge < -0.3 is 24.8 Å². The summed E-state index contributed by atoms with van der Waals surface area (Å²) in [7, 11) is 1.55. The minimum atomic E-state index is -0.546. The fraction of sp³-hybridized carbons (Fsp3) is 0.320. The SMILES string of the molecule is CCOc1ccccc1OC1CCCN(c2cncc(-c3c(OC)cccc3C(N)=O)n2)C1. The van der Waals surface area contributed by atoms with Crippen LogP contribution in [0.3, 0.4) is 0 Å². The first-order chi connectivity index (χ1) is 16.1. The lowest BCUT2D eigenvalue weighted by Gasteiger charge is -2.34. The molecule has 1 aromatic heterocycles. The van der Waals surface area contributed by atoms with Gasteiger partial charge in [-0.2, -0.15) is 0 Å². The standard InChI is InChI=1S/C25H28N4O4/c1-3-32-20-10-4-5-11-21(20)33-17-8-7-13-29(16-17)23-15-27-14-19(28-23)24-18(25(26)30)9-6-12-22(24)31-2/h4-6,9-12,14-15,17H,3,7-8,13,16H2,1-2H3,(H2,26,30). The van der Waals surface area contributed by atoms with Gasteiger partial charge in [0, 0.05) is 6.54 Å². The van der Waals surface area contributed by atoms with E-state index < -0.39 is 5.91 Å². The van der Waals surface area contributed by atoms with E-state index in [9.17, 15) is 4.79 Å². The number of primary amides is 1. The number of aromatic nitrogens is 2. The average molecular weight is 449 g/mol. The van der Waals surface area contributed by atoms with E-state index in [1.54, 1.807) is 37.7 Å². The summed E-state index contributed by atoms with van der Waals surface area (Å²) in [6.45, 7) is 4.03. The number of benzene rings is 2. The summed E-state index contributed by atoms with van der Waals surface area (Å²) in [4.78, 5) is 23.4. The number of ether oxygens (including phenoxy) is 3. The van der Waals surface area contributed by atoms with E-state index in [2.05, 4.69) is 9.88 Å². The van der Waals surface area contributed by atoms with Crippen LogP contribution in [0, 0.1) is 0 Å². The van der Waals surface area contributed by atoms with Gasteiger partial charge in [-0.25, -0.2) is 4.98 Å². The van der Waals surface area contributed by atoms with Crippen molar-refractivity contribution in [3.8, 4) is 28.5 Å². The van der Waals surface area contributed by atoms with Crippen molar-refractivity contribution in [3.05, 3.63) is 60.4 Å². The topological polar surface area (TPSA) is 99.8 Å². The van der Waals surface area contributed by atoms with E-state index in [1.165, 1.54) is 0 Å². The Morgan fingerprint density at radius 1 is 1.12 bits per heavy atom. The lowest BCUT2D eigenvalue weighted by molar-refractivity contribution is 0.100. The summed E-state index contributed by atoms with van der Waals surface area (Å²) in [6.07, 6.45) is 5.21. The number of rotatable bonds is 8. The third kappa shape index (κ3) is 5.00. The smallest absolute Gasteiger partial charge is 0.249 e. The third-order valence-electron chi connectivity index (χ3n) is 5.53. The minimum Gasteiger partial charge on any atom is -0.496 e. The summed E-state index contributed by atoms with van der Waals surface area (Å²) in [6, 6.07) is 12.9. The maximum absolute atomic E-state index is 12.0. The van der Waals surface area contributed by atoms with Crippen LogP contribution in [-0.2, 0) is 0 Å². The van der Waals surface area contributed by atoms with Crippen LogP contribution >= 0.6 is 0 Å². The number of hydrogen-bond donors (Lipinski definition) is 1. The Morgan fingerprint density at radius 2 is 1.91 bits per heavy atom. The first-order valence-corrected chi connectivity index (χ1v) is 11.0. The number of hydrogen-bond acceptors (Lipinski definition) is 7. The highest BCUT2D eigenvalue weighted by Gasteiger charge is 2.25. The van der Waals surface area contributed by atoms with Gasteiger partial charge in [-0.1, -0.05) is 18.2 Å². The van der Waals surface area contributed by atoms with Crippen LogP contribution in [0.25, 0.3) is 11.3 Å². The maximum Gasteiger partial charge on any atom is 0.249 e. The van der Waals surface area contributed by atoms with Crippen LogP contribution in [0.1, 0.15) is 30.1 Å². The largest absolute Gasteiger partial charge is 0.496 e. The molecule has 1 saturated heterocycles. The highest BCUT2D eigenvalue weighted by atomic mass is 16.5. The third-order valence-corrected chi connectivity index (χ3v) is 5.53. The van der Waals surface area contributed by atoms with E-state index in [-0.39, 0.29) is 6.10 Å². The summed E-state index contributed by atoms with van der Waals surface area (Å²) in [5.74, 6) is 2.17. The molecule has 1 amide bonds. The molecule has 8 heteroatoms. The molecule has 0 saturated carbocycles. The van der Waals surface area contributed by atoms with Gasteiger partial charge in [0.15, 0.2) is 11.5 Å². The molecular formula is C25H28N4O4.